The minimum absolute atomic E-state index is 0.0520. The predicted molar refractivity (Wildman–Crippen MR) is 142 cm³/mol. The first-order valence-corrected chi connectivity index (χ1v) is 12.1. The lowest BCUT2D eigenvalue weighted by atomic mass is 9.67. The number of hydrogen-bond donors (Lipinski definition) is 1. The molecule has 188 valence electrons. The third-order valence-electron chi connectivity index (χ3n) is 7.24. The maximum atomic E-state index is 12.7. The number of ketones is 1. The highest BCUT2D eigenvalue weighted by molar-refractivity contribution is 5.86. The van der Waals surface area contributed by atoms with Crippen molar-refractivity contribution in [2.24, 2.45) is 5.41 Å². The Morgan fingerprint density at radius 2 is 1.61 bits per heavy atom. The maximum Gasteiger partial charge on any atom is 0.162 e. The Morgan fingerprint density at radius 3 is 2.25 bits per heavy atom. The summed E-state index contributed by atoms with van der Waals surface area (Å²) in [6, 6.07) is 11.7. The van der Waals surface area contributed by atoms with Crippen LogP contribution in [-0.2, 0) is 23.1 Å². The van der Waals surface area contributed by atoms with Crippen LogP contribution in [0.3, 0.4) is 0 Å². The molecule has 36 heavy (non-hydrogen) atoms. The number of rotatable bonds is 8. The van der Waals surface area contributed by atoms with Gasteiger partial charge in [-0.2, -0.15) is 5.10 Å². The molecule has 4 rings (SSSR count). The zero-order valence-electron chi connectivity index (χ0n) is 22.1. The summed E-state index contributed by atoms with van der Waals surface area (Å²) in [4.78, 5) is 21.9. The molecule has 1 aromatic carbocycles. The van der Waals surface area contributed by atoms with Crippen LogP contribution in [0.4, 0.5) is 0 Å². The largest absolute Gasteiger partial charge is 0.493 e. The number of carbonyl (C=O) groups excluding carboxylic acids is 1. The van der Waals surface area contributed by atoms with Crippen LogP contribution in [0.15, 0.2) is 48.8 Å². The predicted octanol–water partition coefficient (Wildman–Crippen LogP) is 5.72. The number of aromatic amines is 1. The Hall–Kier alpha value is -3.74. The highest BCUT2D eigenvalue weighted by Gasteiger charge is 2.36. The lowest BCUT2D eigenvalue weighted by molar-refractivity contribution is -0.117. The second kappa shape index (κ2) is 9.72. The number of benzene rings is 1. The van der Waals surface area contributed by atoms with Gasteiger partial charge in [0.2, 0.25) is 0 Å². The van der Waals surface area contributed by atoms with E-state index < -0.39 is 0 Å². The van der Waals surface area contributed by atoms with E-state index in [1.54, 1.807) is 26.6 Å². The smallest absolute Gasteiger partial charge is 0.162 e. The maximum absolute atomic E-state index is 12.7. The molecular formula is C29H34N4O3. The summed E-state index contributed by atoms with van der Waals surface area (Å²) in [6.45, 7) is 11.0. The van der Waals surface area contributed by atoms with E-state index in [1.165, 1.54) is 0 Å². The monoisotopic (exact) mass is 486 g/mol. The number of pyridine rings is 2. The Bertz CT molecular complexity index is 1380. The van der Waals surface area contributed by atoms with Gasteiger partial charge in [0.25, 0.3) is 0 Å². The van der Waals surface area contributed by atoms with Crippen molar-refractivity contribution in [3.8, 4) is 22.8 Å². The molecule has 0 radical (unpaired) electrons. The molecule has 0 spiro atoms. The van der Waals surface area contributed by atoms with Gasteiger partial charge >= 0.3 is 0 Å². The molecule has 3 aromatic heterocycles. The van der Waals surface area contributed by atoms with Gasteiger partial charge in [0, 0.05) is 53.4 Å². The Morgan fingerprint density at radius 1 is 0.889 bits per heavy atom. The van der Waals surface area contributed by atoms with Gasteiger partial charge in [0.15, 0.2) is 11.5 Å². The van der Waals surface area contributed by atoms with Crippen molar-refractivity contribution in [3.05, 3.63) is 65.7 Å². The van der Waals surface area contributed by atoms with Crippen molar-refractivity contribution in [1.82, 2.24) is 20.2 Å². The second-order valence-corrected chi connectivity index (χ2v) is 10.7. The molecule has 0 aliphatic heterocycles. The molecule has 0 aliphatic carbocycles. The molecule has 0 bridgehead atoms. The van der Waals surface area contributed by atoms with Gasteiger partial charge in [-0.05, 0) is 35.2 Å². The van der Waals surface area contributed by atoms with Crippen LogP contribution in [0.1, 0.15) is 51.6 Å². The third kappa shape index (κ3) is 5.10. The van der Waals surface area contributed by atoms with E-state index >= 15 is 0 Å². The number of Topliss-reactive ketones (excluding diaryl/α,β-unsaturated/α-hetero) is 1. The third-order valence-corrected chi connectivity index (χ3v) is 7.24. The molecule has 0 aliphatic rings. The number of nitrogens with zero attached hydrogens (tertiary/aromatic N) is 3. The Labute approximate surface area is 212 Å². The highest BCUT2D eigenvalue weighted by atomic mass is 16.5. The summed E-state index contributed by atoms with van der Waals surface area (Å²) in [5.41, 5.74) is 5.12. The number of ether oxygens (including phenoxy) is 2. The van der Waals surface area contributed by atoms with Crippen LogP contribution in [0.5, 0.6) is 11.5 Å². The molecule has 3 heterocycles. The van der Waals surface area contributed by atoms with Crippen LogP contribution in [0.25, 0.3) is 22.2 Å². The first-order chi connectivity index (χ1) is 17.0. The fraction of sp³-hybridized carbons (Fsp3) is 0.379. The van der Waals surface area contributed by atoms with Crippen molar-refractivity contribution >= 4 is 16.7 Å². The van der Waals surface area contributed by atoms with E-state index in [4.69, 9.17) is 9.47 Å². The summed E-state index contributed by atoms with van der Waals surface area (Å²) < 4.78 is 10.8. The Kier molecular flexibility index (Phi) is 6.85. The number of hydrogen-bond acceptors (Lipinski definition) is 6. The van der Waals surface area contributed by atoms with E-state index in [0.717, 1.165) is 39.1 Å². The fourth-order valence-electron chi connectivity index (χ4n) is 3.95. The van der Waals surface area contributed by atoms with E-state index in [1.807, 2.05) is 36.4 Å². The number of fused-ring (bicyclic) bond motifs is 1. The SMILES string of the molecule is COc1cc2cc(-c3ccc(CC(=O)Cc4cc(C(C)(C)C(C)(C)C)n[nH]4)cn3)cnc2cc1OC. The standard InChI is InChI=1S/C29H34N4O3/c1-28(2,3)29(4,5)27-14-21(32-33-27)13-22(34)10-18-8-9-23(30-16-18)20-11-19-12-25(35-6)26(36-7)15-24(19)31-17-20/h8-9,11-12,14-17H,10,13H2,1-7H3,(H,32,33). The summed E-state index contributed by atoms with van der Waals surface area (Å²) in [5.74, 6) is 1.40. The van der Waals surface area contributed by atoms with E-state index in [-0.39, 0.29) is 16.6 Å². The van der Waals surface area contributed by atoms with Crippen molar-refractivity contribution < 1.29 is 14.3 Å². The normalized spacial score (nSPS) is 12.1. The average Bonchev–Trinajstić information content (AvgIpc) is 3.31. The van der Waals surface area contributed by atoms with Gasteiger partial charge in [-0.15, -0.1) is 0 Å². The summed E-state index contributed by atoms with van der Waals surface area (Å²) >= 11 is 0. The van der Waals surface area contributed by atoms with Gasteiger partial charge in [0.1, 0.15) is 5.78 Å². The van der Waals surface area contributed by atoms with Crippen molar-refractivity contribution in [3.63, 3.8) is 0 Å². The van der Waals surface area contributed by atoms with Crippen molar-refractivity contribution in [2.75, 3.05) is 14.2 Å². The molecule has 0 unspecified atom stereocenters. The van der Waals surface area contributed by atoms with Crippen LogP contribution in [-0.4, -0.2) is 40.2 Å². The number of H-pyrrole nitrogens is 1. The molecular weight excluding hydrogens is 452 g/mol. The molecule has 0 fully saturated rings. The highest BCUT2D eigenvalue weighted by Crippen LogP contribution is 2.40. The van der Waals surface area contributed by atoms with Crippen LogP contribution >= 0.6 is 0 Å². The summed E-state index contributed by atoms with van der Waals surface area (Å²) in [5, 5.41) is 8.47. The van der Waals surface area contributed by atoms with E-state index in [2.05, 4.69) is 54.8 Å². The van der Waals surface area contributed by atoms with Gasteiger partial charge in [0.05, 0.1) is 31.1 Å². The first-order valence-electron chi connectivity index (χ1n) is 12.1. The van der Waals surface area contributed by atoms with Crippen molar-refractivity contribution in [2.45, 2.75) is 52.9 Å². The lowest BCUT2D eigenvalue weighted by Crippen LogP contribution is -2.34. The van der Waals surface area contributed by atoms with Crippen LogP contribution in [0.2, 0.25) is 0 Å². The molecule has 1 N–H and O–H groups in total. The topological polar surface area (TPSA) is 90.0 Å². The van der Waals surface area contributed by atoms with E-state index in [9.17, 15) is 4.79 Å². The minimum atomic E-state index is -0.112. The molecule has 0 saturated carbocycles. The number of methoxy groups -OCH3 is 2. The second-order valence-electron chi connectivity index (χ2n) is 10.7. The minimum Gasteiger partial charge on any atom is -0.493 e. The number of carbonyl (C=O) groups is 1. The molecule has 7 nitrogen and oxygen atoms in total. The molecule has 4 aromatic rings. The molecule has 7 heteroatoms. The lowest BCUT2D eigenvalue weighted by Gasteiger charge is -2.37. The summed E-state index contributed by atoms with van der Waals surface area (Å²) in [7, 11) is 3.22. The van der Waals surface area contributed by atoms with Gasteiger partial charge in [-0.25, -0.2) is 0 Å². The van der Waals surface area contributed by atoms with Gasteiger partial charge < -0.3 is 9.47 Å². The van der Waals surface area contributed by atoms with Gasteiger partial charge in [-0.3, -0.25) is 19.9 Å². The Balaban J connectivity index is 1.45. The van der Waals surface area contributed by atoms with Crippen molar-refractivity contribution in [1.29, 1.82) is 0 Å². The molecule has 0 amide bonds. The fourth-order valence-corrected chi connectivity index (χ4v) is 3.95. The van der Waals surface area contributed by atoms with E-state index in [0.29, 0.717) is 24.3 Å². The quantitative estimate of drug-likeness (QED) is 0.343. The first kappa shape index (κ1) is 25.4. The van der Waals surface area contributed by atoms with Crippen LogP contribution < -0.4 is 9.47 Å². The van der Waals surface area contributed by atoms with Gasteiger partial charge in [-0.1, -0.05) is 40.7 Å². The average molecular weight is 487 g/mol. The molecule has 0 saturated heterocycles. The summed E-state index contributed by atoms with van der Waals surface area (Å²) in [6.07, 6.45) is 4.18. The number of nitrogens with one attached hydrogen (secondary N) is 1. The zero-order chi connectivity index (χ0) is 26.1. The molecule has 0 atom stereocenters. The van der Waals surface area contributed by atoms with Crippen LogP contribution in [0, 0.1) is 5.41 Å². The zero-order valence-corrected chi connectivity index (χ0v) is 22.1. The number of aromatic nitrogens is 4.